The normalized spacial score (nSPS) is 16.2. The summed E-state index contributed by atoms with van der Waals surface area (Å²) in [5.41, 5.74) is 3.77. The fourth-order valence-electron chi connectivity index (χ4n) is 3.00. The summed E-state index contributed by atoms with van der Waals surface area (Å²) in [5, 5.41) is 9.79. The molecule has 3 rings (SSSR count). The second-order valence-corrected chi connectivity index (χ2v) is 6.37. The van der Waals surface area contributed by atoms with Crippen molar-refractivity contribution >= 4 is 11.5 Å². The largest absolute Gasteiger partial charge is 0.393 e. The van der Waals surface area contributed by atoms with E-state index < -0.39 is 0 Å². The zero-order chi connectivity index (χ0) is 18.4. The van der Waals surface area contributed by atoms with Gasteiger partial charge in [-0.1, -0.05) is 61.2 Å². The van der Waals surface area contributed by atoms with Crippen molar-refractivity contribution in [2.75, 3.05) is 18.0 Å². The highest BCUT2D eigenvalue weighted by atomic mass is 16.3. The van der Waals surface area contributed by atoms with Crippen molar-refractivity contribution in [3.8, 4) is 11.3 Å². The standard InChI is InChI=1S/C22H25N3O/c1-3-5-9-17(4-2)20-16-21(18-10-7-6-8-11-18)24-22(23-20)25-14-12-19(26)13-15-25/h3-11,16,19,26H,2,12-15H2,1H3/b5-3-,17-9+. The first kappa shape index (κ1) is 18.1. The summed E-state index contributed by atoms with van der Waals surface area (Å²) in [4.78, 5) is 11.7. The van der Waals surface area contributed by atoms with Crippen LogP contribution >= 0.6 is 0 Å². The van der Waals surface area contributed by atoms with Crippen molar-refractivity contribution in [1.82, 2.24) is 9.97 Å². The van der Waals surface area contributed by atoms with Crippen LogP contribution < -0.4 is 4.90 Å². The van der Waals surface area contributed by atoms with E-state index in [-0.39, 0.29) is 6.10 Å². The molecule has 1 aliphatic rings. The number of anilines is 1. The van der Waals surface area contributed by atoms with Gasteiger partial charge in [-0.2, -0.15) is 0 Å². The van der Waals surface area contributed by atoms with Gasteiger partial charge in [-0.15, -0.1) is 0 Å². The topological polar surface area (TPSA) is 49.2 Å². The zero-order valence-corrected chi connectivity index (χ0v) is 15.2. The molecular weight excluding hydrogens is 322 g/mol. The van der Waals surface area contributed by atoms with Crippen LogP contribution in [0, 0.1) is 0 Å². The van der Waals surface area contributed by atoms with Crippen LogP contribution in [0.1, 0.15) is 25.5 Å². The van der Waals surface area contributed by atoms with Gasteiger partial charge in [0.15, 0.2) is 0 Å². The predicted molar refractivity (Wildman–Crippen MR) is 108 cm³/mol. The van der Waals surface area contributed by atoms with Crippen LogP contribution in [-0.2, 0) is 0 Å². The van der Waals surface area contributed by atoms with Gasteiger partial charge in [0.1, 0.15) is 0 Å². The molecular formula is C22H25N3O. The monoisotopic (exact) mass is 347 g/mol. The van der Waals surface area contributed by atoms with E-state index in [9.17, 15) is 5.11 Å². The molecule has 1 aromatic heterocycles. The maximum Gasteiger partial charge on any atom is 0.226 e. The fraction of sp³-hybridized carbons (Fsp3) is 0.273. The summed E-state index contributed by atoms with van der Waals surface area (Å²) in [6.07, 6.45) is 9.07. The molecule has 0 unspecified atom stereocenters. The van der Waals surface area contributed by atoms with Gasteiger partial charge in [0, 0.05) is 18.7 Å². The summed E-state index contributed by atoms with van der Waals surface area (Å²) in [7, 11) is 0. The molecule has 1 N–H and O–H groups in total. The minimum atomic E-state index is -0.221. The molecule has 26 heavy (non-hydrogen) atoms. The number of allylic oxidation sites excluding steroid dienone is 5. The maximum absolute atomic E-state index is 9.79. The van der Waals surface area contributed by atoms with Crippen molar-refractivity contribution in [3.63, 3.8) is 0 Å². The first-order valence-electron chi connectivity index (χ1n) is 9.04. The van der Waals surface area contributed by atoms with Gasteiger partial charge in [0.25, 0.3) is 0 Å². The van der Waals surface area contributed by atoms with Crippen molar-refractivity contribution in [3.05, 3.63) is 73.0 Å². The third kappa shape index (κ3) is 4.27. The summed E-state index contributed by atoms with van der Waals surface area (Å²) in [5.74, 6) is 0.710. The van der Waals surface area contributed by atoms with E-state index in [2.05, 4.69) is 23.6 Å². The lowest BCUT2D eigenvalue weighted by Gasteiger charge is -2.30. The Kier molecular flexibility index (Phi) is 5.97. The fourth-order valence-corrected chi connectivity index (χ4v) is 3.00. The van der Waals surface area contributed by atoms with E-state index in [0.29, 0.717) is 5.95 Å². The Bertz CT molecular complexity index is 803. The number of benzene rings is 1. The first-order chi connectivity index (χ1) is 12.7. The average Bonchev–Trinajstić information content (AvgIpc) is 2.69. The average molecular weight is 347 g/mol. The number of nitrogens with zero attached hydrogens (tertiary/aromatic N) is 3. The molecule has 0 spiro atoms. The number of aromatic nitrogens is 2. The Hall–Kier alpha value is -2.72. The third-order valence-electron chi connectivity index (χ3n) is 4.52. The Morgan fingerprint density at radius 3 is 2.58 bits per heavy atom. The Morgan fingerprint density at radius 1 is 1.19 bits per heavy atom. The highest BCUT2D eigenvalue weighted by Gasteiger charge is 2.20. The SMILES string of the molecule is C=C/C(=C\C=C/C)c1cc(-c2ccccc2)nc(N2CCC(O)CC2)n1. The number of hydrogen-bond donors (Lipinski definition) is 1. The zero-order valence-electron chi connectivity index (χ0n) is 15.2. The molecule has 1 aromatic carbocycles. The van der Waals surface area contributed by atoms with Gasteiger partial charge in [-0.25, -0.2) is 9.97 Å². The lowest BCUT2D eigenvalue weighted by Crippen LogP contribution is -2.37. The lowest BCUT2D eigenvalue weighted by molar-refractivity contribution is 0.145. The smallest absolute Gasteiger partial charge is 0.226 e. The molecule has 2 heterocycles. The first-order valence-corrected chi connectivity index (χ1v) is 9.04. The van der Waals surface area contributed by atoms with Gasteiger partial charge in [0.05, 0.1) is 17.5 Å². The Labute approximate surface area is 155 Å². The summed E-state index contributed by atoms with van der Waals surface area (Å²) < 4.78 is 0. The minimum Gasteiger partial charge on any atom is -0.393 e. The Balaban J connectivity index is 2.06. The lowest BCUT2D eigenvalue weighted by atomic mass is 10.1. The van der Waals surface area contributed by atoms with Crippen LogP contribution in [0.2, 0.25) is 0 Å². The number of aliphatic hydroxyl groups excluding tert-OH is 1. The van der Waals surface area contributed by atoms with Crippen molar-refractivity contribution < 1.29 is 5.11 Å². The molecule has 4 heteroatoms. The number of hydrogen-bond acceptors (Lipinski definition) is 4. The van der Waals surface area contributed by atoms with Gasteiger partial charge < -0.3 is 10.0 Å². The van der Waals surface area contributed by atoms with E-state index in [1.807, 2.05) is 55.5 Å². The third-order valence-corrected chi connectivity index (χ3v) is 4.52. The van der Waals surface area contributed by atoms with Crippen LogP contribution in [0.4, 0.5) is 5.95 Å². The number of piperidine rings is 1. The van der Waals surface area contributed by atoms with Gasteiger partial charge in [-0.3, -0.25) is 0 Å². The maximum atomic E-state index is 9.79. The highest BCUT2D eigenvalue weighted by Crippen LogP contribution is 2.26. The quantitative estimate of drug-likeness (QED) is 0.822. The molecule has 4 nitrogen and oxygen atoms in total. The van der Waals surface area contributed by atoms with Gasteiger partial charge in [-0.05, 0) is 31.4 Å². The van der Waals surface area contributed by atoms with E-state index in [1.54, 1.807) is 0 Å². The number of rotatable bonds is 5. The van der Waals surface area contributed by atoms with Crippen LogP contribution in [0.5, 0.6) is 0 Å². The van der Waals surface area contributed by atoms with Crippen molar-refractivity contribution in [2.24, 2.45) is 0 Å². The number of aliphatic hydroxyl groups is 1. The van der Waals surface area contributed by atoms with Crippen LogP contribution in [0.15, 0.2) is 67.3 Å². The molecule has 1 saturated heterocycles. The summed E-state index contributed by atoms with van der Waals surface area (Å²) >= 11 is 0. The van der Waals surface area contributed by atoms with E-state index >= 15 is 0 Å². The molecule has 0 atom stereocenters. The van der Waals surface area contributed by atoms with Crippen molar-refractivity contribution in [1.29, 1.82) is 0 Å². The molecule has 0 amide bonds. The van der Waals surface area contributed by atoms with E-state index in [0.717, 1.165) is 48.5 Å². The van der Waals surface area contributed by atoms with Gasteiger partial charge >= 0.3 is 0 Å². The van der Waals surface area contributed by atoms with E-state index in [4.69, 9.17) is 9.97 Å². The van der Waals surface area contributed by atoms with E-state index in [1.165, 1.54) is 0 Å². The molecule has 0 aliphatic carbocycles. The summed E-state index contributed by atoms with van der Waals surface area (Å²) in [6, 6.07) is 12.1. The van der Waals surface area contributed by atoms with Crippen LogP contribution in [0.25, 0.3) is 16.8 Å². The molecule has 134 valence electrons. The molecule has 0 radical (unpaired) electrons. The second kappa shape index (κ2) is 8.59. The second-order valence-electron chi connectivity index (χ2n) is 6.37. The predicted octanol–water partition coefficient (Wildman–Crippen LogP) is 4.25. The molecule has 1 fully saturated rings. The van der Waals surface area contributed by atoms with Gasteiger partial charge in [0.2, 0.25) is 5.95 Å². The Morgan fingerprint density at radius 2 is 1.92 bits per heavy atom. The summed E-state index contributed by atoms with van der Waals surface area (Å²) in [6.45, 7) is 7.45. The molecule has 2 aromatic rings. The van der Waals surface area contributed by atoms with Crippen molar-refractivity contribution in [2.45, 2.75) is 25.9 Å². The van der Waals surface area contributed by atoms with Crippen LogP contribution in [0.3, 0.4) is 0 Å². The minimum absolute atomic E-state index is 0.221. The molecule has 0 bridgehead atoms. The molecule has 0 saturated carbocycles. The van der Waals surface area contributed by atoms with Crippen LogP contribution in [-0.4, -0.2) is 34.3 Å². The molecule has 1 aliphatic heterocycles. The highest BCUT2D eigenvalue weighted by molar-refractivity contribution is 5.76.